The Morgan fingerprint density at radius 3 is 1.82 bits per heavy atom. The van der Waals surface area contributed by atoms with E-state index in [1.165, 1.54) is 10.4 Å². The molecule has 1 aliphatic carbocycles. The molecule has 0 spiro atoms. The lowest BCUT2D eigenvalue weighted by Crippen LogP contribution is -2.68. The minimum Gasteiger partial charge on any atom is -0.487 e. The Morgan fingerprint density at radius 1 is 0.608 bits per heavy atom. The average molecular weight is 1100 g/mol. The van der Waals surface area contributed by atoms with Crippen LogP contribution in [0, 0.1) is 0 Å². The molecule has 1 saturated carbocycles. The molecule has 0 bridgehead atoms. The van der Waals surface area contributed by atoms with E-state index < -0.39 is 116 Å². The number of aliphatic hydroxyl groups is 6. The van der Waals surface area contributed by atoms with Crippen LogP contribution in [0.4, 0.5) is 5.69 Å². The fourth-order valence-corrected chi connectivity index (χ4v) is 11.0. The Bertz CT molecular complexity index is 3000. The van der Waals surface area contributed by atoms with Gasteiger partial charge in [-0.15, -0.1) is 5.10 Å². The van der Waals surface area contributed by atoms with Crippen molar-refractivity contribution in [2.75, 3.05) is 51.2 Å². The second-order valence-corrected chi connectivity index (χ2v) is 21.2. The summed E-state index contributed by atoms with van der Waals surface area (Å²) >= 11 is 0. The summed E-state index contributed by atoms with van der Waals surface area (Å²) in [6.07, 6.45) is -18.7. The Hall–Kier alpha value is -5.42. The number of ether oxygens (including phenoxy) is 7. The van der Waals surface area contributed by atoms with Gasteiger partial charge in [0.1, 0.15) is 96.8 Å². The van der Waals surface area contributed by atoms with Crippen molar-refractivity contribution in [3.05, 3.63) is 72.6 Å². The molecule has 4 saturated heterocycles. The quantitative estimate of drug-likeness (QED) is 0.0437. The van der Waals surface area contributed by atoms with Crippen LogP contribution in [0.15, 0.2) is 66.9 Å². The maximum Gasteiger partial charge on any atom is 0.187 e. The van der Waals surface area contributed by atoms with Crippen LogP contribution in [0.1, 0.15) is 12.1 Å². The molecule has 11 rings (SSSR count). The van der Waals surface area contributed by atoms with Gasteiger partial charge in [0.05, 0.1) is 53.0 Å². The fourth-order valence-electron chi connectivity index (χ4n) is 11.0. The first kappa shape index (κ1) is 55.5. The van der Waals surface area contributed by atoms with Gasteiger partial charge in [-0.1, -0.05) is 5.21 Å². The van der Waals surface area contributed by atoms with E-state index in [0.717, 1.165) is 65.2 Å². The largest absolute Gasteiger partial charge is 0.487 e. The molecule has 20 N–H and O–H groups in total. The molecule has 5 fully saturated rings. The molecule has 7 heterocycles. The zero-order valence-electron chi connectivity index (χ0n) is 43.3. The molecule has 28 heteroatoms. The second kappa shape index (κ2) is 23.2. The van der Waals surface area contributed by atoms with Gasteiger partial charge in [0.15, 0.2) is 18.9 Å². The molecular weight excluding hydrogens is 1030 g/mol. The van der Waals surface area contributed by atoms with Crippen LogP contribution in [0.25, 0.3) is 44.8 Å². The summed E-state index contributed by atoms with van der Waals surface area (Å²) in [5.74, 6) is 2.00. The van der Waals surface area contributed by atoms with Gasteiger partial charge in [0, 0.05) is 68.2 Å². The zero-order valence-corrected chi connectivity index (χ0v) is 43.3. The normalized spacial score (nSPS) is 35.7. The van der Waals surface area contributed by atoms with E-state index in [4.69, 9.17) is 77.5 Å². The molecule has 6 aromatic rings. The van der Waals surface area contributed by atoms with E-state index in [9.17, 15) is 30.6 Å². The number of nitrogens with one attached hydrogen (secondary N) is 2. The predicted molar refractivity (Wildman–Crippen MR) is 282 cm³/mol. The number of hydrogen-bond donors (Lipinski definition) is 14. The summed E-state index contributed by atoms with van der Waals surface area (Å²) in [5.41, 5.74) is 43.9. The van der Waals surface area contributed by atoms with Crippen molar-refractivity contribution < 1.29 is 63.8 Å². The highest BCUT2D eigenvalue weighted by Crippen LogP contribution is 2.36. The van der Waals surface area contributed by atoms with Gasteiger partial charge < -0.3 is 118 Å². The van der Waals surface area contributed by atoms with Gasteiger partial charge in [-0.3, -0.25) is 0 Å². The number of fused-ring (bicyclic) bond motifs is 2. The van der Waals surface area contributed by atoms with E-state index in [-0.39, 0.29) is 32.7 Å². The van der Waals surface area contributed by atoms with E-state index in [0.29, 0.717) is 17.3 Å². The smallest absolute Gasteiger partial charge is 0.187 e. The molecule has 28 nitrogen and oxygen atoms in total. The first-order chi connectivity index (χ1) is 38.0. The Balaban J connectivity index is 0.754. The summed E-state index contributed by atoms with van der Waals surface area (Å²) in [4.78, 5) is 21.4. The number of nitrogens with two attached hydrogens (primary N) is 6. The van der Waals surface area contributed by atoms with Crippen LogP contribution >= 0.6 is 0 Å². The summed E-state index contributed by atoms with van der Waals surface area (Å²) in [6.45, 7) is 3.57. The molecule has 0 radical (unpaired) electrons. The minimum absolute atomic E-state index is 0.0227. The van der Waals surface area contributed by atoms with Gasteiger partial charge in [0.2, 0.25) is 0 Å². The van der Waals surface area contributed by atoms with E-state index >= 15 is 0 Å². The minimum atomic E-state index is -1.65. The molecule has 7 unspecified atom stereocenters. The number of hydrogen-bond acceptors (Lipinski definition) is 25. The van der Waals surface area contributed by atoms with E-state index in [1.807, 2.05) is 42.5 Å². The number of aromatic nitrogens is 7. The molecule has 428 valence electrons. The third-order valence-corrected chi connectivity index (χ3v) is 15.7. The number of benzene rings is 3. The third kappa shape index (κ3) is 11.3. The van der Waals surface area contributed by atoms with E-state index in [1.54, 1.807) is 6.20 Å². The average Bonchev–Trinajstić information content (AvgIpc) is 4.39. The number of H-pyrrole nitrogens is 2. The lowest BCUT2D eigenvalue weighted by Gasteiger charge is -2.47. The van der Waals surface area contributed by atoms with Gasteiger partial charge in [0.25, 0.3) is 0 Å². The number of piperazine rings is 1. The number of aromatic amines is 2. The van der Waals surface area contributed by atoms with E-state index in [2.05, 4.69) is 55.3 Å². The van der Waals surface area contributed by atoms with Crippen molar-refractivity contribution in [2.45, 2.75) is 136 Å². The van der Waals surface area contributed by atoms with Gasteiger partial charge >= 0.3 is 0 Å². The Labute approximate surface area is 452 Å². The van der Waals surface area contributed by atoms with Crippen molar-refractivity contribution in [2.24, 2.45) is 34.4 Å². The highest BCUT2D eigenvalue weighted by molar-refractivity contribution is 5.87. The summed E-state index contributed by atoms with van der Waals surface area (Å²) < 4.78 is 44.3. The lowest BCUT2D eigenvalue weighted by molar-refractivity contribution is -0.306. The van der Waals surface area contributed by atoms with Crippen molar-refractivity contribution in [1.82, 2.24) is 39.8 Å². The van der Waals surface area contributed by atoms with Crippen LogP contribution < -0.4 is 44.0 Å². The molecule has 5 aliphatic rings. The fraction of sp³-hybridized carbons (Fsp3) is 0.569. The third-order valence-electron chi connectivity index (χ3n) is 15.7. The number of aliphatic hydroxyl groups excluding tert-OH is 6. The maximum atomic E-state index is 12.0. The maximum absolute atomic E-state index is 12.0. The molecule has 3 aromatic carbocycles. The van der Waals surface area contributed by atoms with Crippen molar-refractivity contribution >= 4 is 27.8 Å². The second-order valence-electron chi connectivity index (χ2n) is 21.2. The monoisotopic (exact) mass is 1100 g/mol. The van der Waals surface area contributed by atoms with Crippen LogP contribution in [0.3, 0.4) is 0 Å². The van der Waals surface area contributed by atoms with Crippen LogP contribution in [0.5, 0.6) is 5.75 Å². The number of anilines is 1. The molecule has 0 amide bonds. The highest BCUT2D eigenvalue weighted by Gasteiger charge is 2.54. The topological polar surface area (TPSA) is 437 Å². The van der Waals surface area contributed by atoms with Crippen LogP contribution in [-0.4, -0.2) is 233 Å². The van der Waals surface area contributed by atoms with Gasteiger partial charge in [-0.25, -0.2) is 14.6 Å². The molecule has 79 heavy (non-hydrogen) atoms. The number of nitrogens with zero attached hydrogens (tertiary/aromatic N) is 7. The summed E-state index contributed by atoms with van der Waals surface area (Å²) in [6, 6.07) is 15.5. The first-order valence-corrected chi connectivity index (χ1v) is 26.5. The highest BCUT2D eigenvalue weighted by atomic mass is 16.8. The Morgan fingerprint density at radius 2 is 1.18 bits per heavy atom. The van der Waals surface area contributed by atoms with Crippen molar-refractivity contribution in [3.8, 4) is 28.5 Å². The molecule has 4 aliphatic heterocycles. The Kier molecular flexibility index (Phi) is 16.3. The van der Waals surface area contributed by atoms with Crippen LogP contribution in [0.2, 0.25) is 0 Å². The lowest BCUT2D eigenvalue weighted by atomic mass is 9.84. The van der Waals surface area contributed by atoms with Crippen LogP contribution in [-0.2, 0) is 41.6 Å². The summed E-state index contributed by atoms with van der Waals surface area (Å²) in [5, 5.41) is 74.5. The number of imidazole rings is 2. The van der Waals surface area contributed by atoms with Crippen molar-refractivity contribution in [3.63, 3.8) is 0 Å². The molecule has 19 atom stereocenters. The summed E-state index contributed by atoms with van der Waals surface area (Å²) in [7, 11) is 2.15. The molecular formula is C51H71N15O13. The first-order valence-electron chi connectivity index (χ1n) is 26.5. The standard InChI is InChI=1S/C51H71N15O13/c1-64-10-12-65(13-11-64)25-5-9-30-32(15-25)61-48(59-30)23-4-8-29-31(14-23)60-47(58-29)22-2-6-26(7-3-22)73-21-24-19-66(63-62-24)20-35-45(78-50-37(57)42(71)40(69)34(18-53)75-50)43(72)51(76-35)79-46-38(67)27(54)16-28(55)44(46)77-49-36(56)41(70)39(68)33(17-52)74-49/h2-9,14-15,19,27-28,33-46,49-51,67-72H,10-13,16-18,20-21,52-57H2,1H3,(H,58,60)(H,59,61)/t27-,28?,33?,34+,35-,36?,37?,38?,39+,40-,41-,42?,43+,44+,45+,46-,49+,50-,51?/m1/s1. The SMILES string of the molecule is CN1CCN(c2ccc3nc(-c4ccc5nc(-c6ccc(OCc7cn(C[C@H]8OC(O[C@@H]9C(O)[C@H](N)CC(N)[C@@H]9O[C@@H]9OC(CN)[C@H](O)[C@H](O)C9N)[C@@H](O)[C@H]8O[C@H]8O[C@@H](CN)[C@@H](O)C(O)C8N)nn7)cc6)[nH]c5c4)[nH]c3c2)CC1. The van der Waals surface area contributed by atoms with Gasteiger partial charge in [-0.2, -0.15) is 0 Å². The number of rotatable bonds is 16. The number of likely N-dealkylation sites (N-methyl/N-ethyl adjacent to an activating group) is 1. The predicted octanol–water partition coefficient (Wildman–Crippen LogP) is -4.18. The van der Waals surface area contributed by atoms with Gasteiger partial charge in [-0.05, 0) is 74.1 Å². The zero-order chi connectivity index (χ0) is 55.4. The molecule has 3 aromatic heterocycles. The van der Waals surface area contributed by atoms with Crippen molar-refractivity contribution in [1.29, 1.82) is 0 Å².